The number of aryl methyl sites for hydroxylation is 1. The molecule has 0 saturated carbocycles. The van der Waals surface area contributed by atoms with E-state index in [1.165, 1.54) is 4.90 Å². The molecule has 1 aromatic carbocycles. The molecule has 1 saturated heterocycles. The number of nitrogens with one attached hydrogen (secondary N) is 1. The summed E-state index contributed by atoms with van der Waals surface area (Å²) in [6.07, 6.45) is 3.30. The van der Waals surface area contributed by atoms with Crippen LogP contribution in [0.1, 0.15) is 36.6 Å². The molecule has 1 aromatic heterocycles. The smallest absolute Gasteiger partial charge is 0.295 e. The fraction of sp³-hybridized carbons (Fsp3) is 0.348. The summed E-state index contributed by atoms with van der Waals surface area (Å²) in [5.41, 5.74) is 2.42. The minimum atomic E-state index is -0.647. The van der Waals surface area contributed by atoms with Crippen LogP contribution in [0.2, 0.25) is 0 Å². The number of benzene rings is 1. The number of amides is 1. The predicted octanol–water partition coefficient (Wildman–Crippen LogP) is 1.74. The van der Waals surface area contributed by atoms with E-state index in [1.807, 2.05) is 25.1 Å². The second-order valence-electron chi connectivity index (χ2n) is 7.35. The maximum absolute atomic E-state index is 12.9. The fourth-order valence-electron chi connectivity index (χ4n) is 3.74. The highest BCUT2D eigenvalue weighted by molar-refractivity contribution is 6.46. The van der Waals surface area contributed by atoms with Gasteiger partial charge in [0, 0.05) is 18.0 Å². The third-order valence-electron chi connectivity index (χ3n) is 5.57. The van der Waals surface area contributed by atoms with E-state index in [1.54, 1.807) is 35.5 Å². The van der Waals surface area contributed by atoms with Gasteiger partial charge in [0.15, 0.2) is 0 Å². The number of aromatic nitrogens is 1. The number of pyridine rings is 1. The van der Waals surface area contributed by atoms with Crippen molar-refractivity contribution in [3.8, 4) is 0 Å². The SMILES string of the molecule is CC[NH+](CC)CCN1C(=O)C(=O)/C(=C(\O)c2ccc(C)cc2)[C@H]1c1cccnc1. The van der Waals surface area contributed by atoms with Crippen molar-refractivity contribution in [1.29, 1.82) is 0 Å². The Labute approximate surface area is 171 Å². The van der Waals surface area contributed by atoms with Crippen LogP contribution in [-0.2, 0) is 9.59 Å². The van der Waals surface area contributed by atoms with Gasteiger partial charge in [0.1, 0.15) is 5.76 Å². The first kappa shape index (κ1) is 20.7. The largest absolute Gasteiger partial charge is 0.507 e. The molecule has 1 amide bonds. The molecule has 2 aromatic rings. The first-order chi connectivity index (χ1) is 14.0. The summed E-state index contributed by atoms with van der Waals surface area (Å²) in [7, 11) is 0. The number of likely N-dealkylation sites (N-methyl/N-ethyl adjacent to an activating group) is 1. The van der Waals surface area contributed by atoms with Crippen molar-refractivity contribution < 1.29 is 19.6 Å². The van der Waals surface area contributed by atoms with E-state index in [0.29, 0.717) is 12.1 Å². The molecule has 0 unspecified atom stereocenters. The van der Waals surface area contributed by atoms with Crippen LogP contribution in [0.4, 0.5) is 0 Å². The molecule has 2 heterocycles. The summed E-state index contributed by atoms with van der Waals surface area (Å²) in [4.78, 5) is 32.9. The lowest BCUT2D eigenvalue weighted by atomic mass is 9.96. The molecule has 29 heavy (non-hydrogen) atoms. The lowest BCUT2D eigenvalue weighted by molar-refractivity contribution is -0.895. The van der Waals surface area contributed by atoms with E-state index in [9.17, 15) is 14.7 Å². The first-order valence-corrected chi connectivity index (χ1v) is 10.1. The molecule has 1 fully saturated rings. The van der Waals surface area contributed by atoms with E-state index in [4.69, 9.17) is 0 Å². The molecule has 3 rings (SSSR count). The van der Waals surface area contributed by atoms with Crippen LogP contribution in [0.25, 0.3) is 5.76 Å². The Kier molecular flexibility index (Phi) is 6.44. The Morgan fingerprint density at radius 2 is 1.83 bits per heavy atom. The Bertz CT molecular complexity index is 903. The molecule has 6 heteroatoms. The average Bonchev–Trinajstić information content (AvgIpc) is 3.00. The quantitative estimate of drug-likeness (QED) is 0.426. The van der Waals surface area contributed by atoms with Gasteiger partial charge in [-0.25, -0.2) is 0 Å². The number of likely N-dealkylation sites (tertiary alicyclic amines) is 1. The van der Waals surface area contributed by atoms with Gasteiger partial charge in [-0.2, -0.15) is 0 Å². The number of ketones is 1. The number of Topliss-reactive ketones (excluding diaryl/α,β-unsaturated/α-hetero) is 1. The molecule has 0 aliphatic carbocycles. The predicted molar refractivity (Wildman–Crippen MR) is 111 cm³/mol. The molecule has 1 aliphatic rings. The van der Waals surface area contributed by atoms with Gasteiger partial charge in [0.05, 0.1) is 37.8 Å². The van der Waals surface area contributed by atoms with E-state index in [-0.39, 0.29) is 11.3 Å². The zero-order valence-electron chi connectivity index (χ0n) is 17.2. The van der Waals surface area contributed by atoms with E-state index in [0.717, 1.165) is 30.8 Å². The van der Waals surface area contributed by atoms with Gasteiger partial charge in [-0.15, -0.1) is 0 Å². The first-order valence-electron chi connectivity index (χ1n) is 10.1. The standard InChI is InChI=1S/C23H27N3O3/c1-4-25(5-2)13-14-26-20(18-7-6-12-24-15-18)19(22(28)23(26)29)21(27)17-10-8-16(3)9-11-17/h6-12,15,20,27H,4-5,13-14H2,1-3H3/p+1/b21-19-/t20-/m1/s1. The van der Waals surface area contributed by atoms with Crippen LogP contribution in [0.15, 0.2) is 54.4 Å². The number of carbonyl (C=O) groups is 2. The zero-order chi connectivity index (χ0) is 21.0. The lowest BCUT2D eigenvalue weighted by Crippen LogP contribution is -3.12. The van der Waals surface area contributed by atoms with Gasteiger partial charge in [-0.3, -0.25) is 14.6 Å². The molecular weight excluding hydrogens is 366 g/mol. The molecule has 152 valence electrons. The maximum atomic E-state index is 12.9. The fourth-order valence-corrected chi connectivity index (χ4v) is 3.74. The molecular formula is C23H28N3O3+. The second-order valence-corrected chi connectivity index (χ2v) is 7.35. The second kappa shape index (κ2) is 9.01. The Morgan fingerprint density at radius 3 is 2.41 bits per heavy atom. The van der Waals surface area contributed by atoms with Crippen molar-refractivity contribution in [3.63, 3.8) is 0 Å². The number of rotatable bonds is 7. The number of aliphatic hydroxyl groups excluding tert-OH is 1. The van der Waals surface area contributed by atoms with Gasteiger partial charge in [0.25, 0.3) is 11.7 Å². The summed E-state index contributed by atoms with van der Waals surface area (Å²) in [6.45, 7) is 9.22. The summed E-state index contributed by atoms with van der Waals surface area (Å²) in [5, 5.41) is 11.0. The van der Waals surface area contributed by atoms with Crippen LogP contribution < -0.4 is 4.90 Å². The minimum Gasteiger partial charge on any atom is -0.507 e. The van der Waals surface area contributed by atoms with Gasteiger partial charge >= 0.3 is 0 Å². The average molecular weight is 394 g/mol. The normalized spacial score (nSPS) is 18.6. The van der Waals surface area contributed by atoms with Crippen LogP contribution in [-0.4, -0.2) is 52.9 Å². The summed E-state index contributed by atoms with van der Waals surface area (Å²) < 4.78 is 0. The van der Waals surface area contributed by atoms with E-state index < -0.39 is 17.7 Å². The van der Waals surface area contributed by atoms with Gasteiger partial charge in [-0.05, 0) is 32.4 Å². The third-order valence-corrected chi connectivity index (χ3v) is 5.57. The number of quaternary nitrogens is 1. The monoisotopic (exact) mass is 394 g/mol. The number of nitrogens with zero attached hydrogens (tertiary/aromatic N) is 2. The molecule has 2 N–H and O–H groups in total. The molecule has 1 aliphatic heterocycles. The Balaban J connectivity index is 2.06. The van der Waals surface area contributed by atoms with Crippen LogP contribution in [0, 0.1) is 6.92 Å². The van der Waals surface area contributed by atoms with Crippen molar-refractivity contribution in [2.45, 2.75) is 26.8 Å². The van der Waals surface area contributed by atoms with Crippen molar-refractivity contribution in [2.24, 2.45) is 0 Å². The number of hydrogen-bond acceptors (Lipinski definition) is 4. The van der Waals surface area contributed by atoms with E-state index in [2.05, 4.69) is 18.8 Å². The van der Waals surface area contributed by atoms with Crippen molar-refractivity contribution in [1.82, 2.24) is 9.88 Å². The number of hydrogen-bond donors (Lipinski definition) is 2. The maximum Gasteiger partial charge on any atom is 0.295 e. The van der Waals surface area contributed by atoms with E-state index >= 15 is 0 Å². The van der Waals surface area contributed by atoms with Gasteiger partial charge in [0.2, 0.25) is 0 Å². The van der Waals surface area contributed by atoms with Crippen molar-refractivity contribution in [3.05, 3.63) is 71.1 Å². The van der Waals surface area contributed by atoms with Gasteiger partial charge < -0.3 is 14.9 Å². The summed E-state index contributed by atoms with van der Waals surface area (Å²) in [5.74, 6) is -1.36. The summed E-state index contributed by atoms with van der Waals surface area (Å²) in [6, 6.07) is 10.2. The highest BCUT2D eigenvalue weighted by atomic mass is 16.3. The van der Waals surface area contributed by atoms with Crippen LogP contribution in [0.5, 0.6) is 0 Å². The highest BCUT2D eigenvalue weighted by Crippen LogP contribution is 2.38. The Morgan fingerprint density at radius 1 is 1.14 bits per heavy atom. The van der Waals surface area contributed by atoms with Crippen LogP contribution >= 0.6 is 0 Å². The molecule has 6 nitrogen and oxygen atoms in total. The highest BCUT2D eigenvalue weighted by Gasteiger charge is 2.46. The molecule has 0 radical (unpaired) electrons. The molecule has 1 atom stereocenters. The van der Waals surface area contributed by atoms with Crippen molar-refractivity contribution >= 4 is 17.4 Å². The minimum absolute atomic E-state index is 0.126. The molecule has 0 spiro atoms. The van der Waals surface area contributed by atoms with Crippen molar-refractivity contribution in [2.75, 3.05) is 26.2 Å². The number of carbonyl (C=O) groups excluding carboxylic acids is 2. The Hall–Kier alpha value is -2.99. The molecule has 0 bridgehead atoms. The summed E-state index contributed by atoms with van der Waals surface area (Å²) >= 11 is 0. The third kappa shape index (κ3) is 4.22. The number of aliphatic hydroxyl groups is 1. The zero-order valence-corrected chi connectivity index (χ0v) is 17.2. The van der Waals surface area contributed by atoms with Gasteiger partial charge in [-0.1, -0.05) is 35.9 Å². The van der Waals surface area contributed by atoms with Crippen LogP contribution in [0.3, 0.4) is 0 Å². The topological polar surface area (TPSA) is 74.9 Å². The lowest BCUT2D eigenvalue weighted by Gasteiger charge is -2.26.